The normalized spacial score (nSPS) is 17.6. The summed E-state index contributed by atoms with van der Waals surface area (Å²) in [7, 11) is 0. The highest BCUT2D eigenvalue weighted by Crippen LogP contribution is 2.25. The zero-order valence-electron chi connectivity index (χ0n) is 15.8. The first kappa shape index (κ1) is 18.7. The molecular formula is C24H25N2OS+. The minimum absolute atomic E-state index is 0.0756. The van der Waals surface area contributed by atoms with Crippen LogP contribution in [0.25, 0.3) is 5.57 Å². The predicted molar refractivity (Wildman–Crippen MR) is 115 cm³/mol. The molecule has 1 aliphatic rings. The lowest BCUT2D eigenvalue weighted by atomic mass is 9.99. The lowest BCUT2D eigenvalue weighted by Gasteiger charge is -2.25. The van der Waals surface area contributed by atoms with Crippen molar-refractivity contribution in [2.24, 2.45) is 0 Å². The molecule has 0 bridgehead atoms. The maximum atomic E-state index is 12.8. The minimum atomic E-state index is -0.0756. The van der Waals surface area contributed by atoms with Crippen LogP contribution < -0.4 is 10.2 Å². The van der Waals surface area contributed by atoms with E-state index in [4.69, 9.17) is 0 Å². The average Bonchev–Trinajstić information content (AvgIpc) is 3.28. The van der Waals surface area contributed by atoms with Gasteiger partial charge in [0.2, 0.25) is 0 Å². The zero-order chi connectivity index (χ0) is 19.2. The summed E-state index contributed by atoms with van der Waals surface area (Å²) in [4.78, 5) is 15.3. The lowest BCUT2D eigenvalue weighted by Crippen LogP contribution is -3.13. The molecule has 3 aromatic rings. The largest absolute Gasteiger partial charge is 0.339 e. The number of benzene rings is 2. The Bertz CT molecular complexity index is 920. The topological polar surface area (TPSA) is 33.5 Å². The van der Waals surface area contributed by atoms with Crippen LogP contribution in [0.3, 0.4) is 0 Å². The summed E-state index contributed by atoms with van der Waals surface area (Å²) in [6, 6.07) is 24.8. The fourth-order valence-electron chi connectivity index (χ4n) is 3.72. The molecule has 1 unspecified atom stereocenters. The quantitative estimate of drug-likeness (QED) is 0.666. The molecule has 4 rings (SSSR count). The molecule has 0 saturated carbocycles. The van der Waals surface area contributed by atoms with Crippen molar-refractivity contribution in [3.63, 3.8) is 0 Å². The van der Waals surface area contributed by atoms with Gasteiger partial charge in [0, 0.05) is 11.3 Å². The molecule has 4 heteroatoms. The number of carbonyl (C=O) groups excluding carboxylic acids is 1. The summed E-state index contributed by atoms with van der Waals surface area (Å²) in [5.74, 6) is 0.105. The van der Waals surface area contributed by atoms with Crippen LogP contribution in [0.5, 0.6) is 0 Å². The van der Waals surface area contributed by atoms with Crippen molar-refractivity contribution >= 4 is 22.8 Å². The Kier molecular flexibility index (Phi) is 6.00. The molecule has 1 amide bonds. The molecule has 1 aliphatic heterocycles. The highest BCUT2D eigenvalue weighted by molar-refractivity contribution is 7.10. The lowest BCUT2D eigenvalue weighted by molar-refractivity contribution is -0.886. The summed E-state index contributed by atoms with van der Waals surface area (Å²) >= 11 is 1.68. The number of carbonyl (C=O) groups is 1. The molecule has 142 valence electrons. The van der Waals surface area contributed by atoms with E-state index in [-0.39, 0.29) is 11.9 Å². The van der Waals surface area contributed by atoms with Crippen LogP contribution in [-0.2, 0) is 4.79 Å². The van der Waals surface area contributed by atoms with E-state index in [9.17, 15) is 4.79 Å². The molecule has 1 aromatic heterocycles. The van der Waals surface area contributed by atoms with Crippen LogP contribution in [0, 0.1) is 0 Å². The Morgan fingerprint density at radius 1 is 1.00 bits per heavy atom. The summed E-state index contributed by atoms with van der Waals surface area (Å²) < 4.78 is 0. The van der Waals surface area contributed by atoms with Gasteiger partial charge in [-0.3, -0.25) is 4.79 Å². The van der Waals surface area contributed by atoms with E-state index in [1.54, 1.807) is 11.3 Å². The molecule has 3 nitrogen and oxygen atoms in total. The third-order valence-electron chi connectivity index (χ3n) is 5.21. The number of amides is 1. The third kappa shape index (κ3) is 4.58. The van der Waals surface area contributed by atoms with E-state index in [1.807, 2.05) is 30.3 Å². The van der Waals surface area contributed by atoms with Crippen LogP contribution in [-0.4, -0.2) is 25.5 Å². The molecule has 2 aromatic carbocycles. The molecular weight excluding hydrogens is 364 g/mol. The van der Waals surface area contributed by atoms with Crippen molar-refractivity contribution in [3.05, 3.63) is 100 Å². The second kappa shape index (κ2) is 9.00. The molecule has 0 radical (unpaired) electrons. The second-order valence-electron chi connectivity index (χ2n) is 7.15. The molecule has 2 heterocycles. The smallest absolute Gasteiger partial charge is 0.275 e. The molecule has 2 N–H and O–H groups in total. The number of thiophene rings is 1. The molecule has 0 fully saturated rings. The van der Waals surface area contributed by atoms with Gasteiger partial charge in [0.15, 0.2) is 6.54 Å². The standard InChI is InChI=1S/C24H24N2OS/c27-23(18-26-15-13-20(14-16-26)19-8-3-1-4-9-19)25-24(22-12-7-17-28-22)21-10-5-2-6-11-21/h1-13,17,24H,14-16,18H2,(H,25,27)/p+1/t24-/m1/s1. The van der Waals surface area contributed by atoms with Gasteiger partial charge < -0.3 is 10.2 Å². The monoisotopic (exact) mass is 389 g/mol. The molecule has 28 heavy (non-hydrogen) atoms. The first-order valence-electron chi connectivity index (χ1n) is 9.75. The van der Waals surface area contributed by atoms with E-state index >= 15 is 0 Å². The Hall–Kier alpha value is -2.69. The van der Waals surface area contributed by atoms with Crippen LogP contribution in [0.4, 0.5) is 0 Å². The van der Waals surface area contributed by atoms with E-state index < -0.39 is 0 Å². The summed E-state index contributed by atoms with van der Waals surface area (Å²) in [5.41, 5.74) is 3.82. The fourth-order valence-corrected chi connectivity index (χ4v) is 4.52. The van der Waals surface area contributed by atoms with Gasteiger partial charge in [0.1, 0.15) is 0 Å². The summed E-state index contributed by atoms with van der Waals surface area (Å²) in [5, 5.41) is 5.31. The number of nitrogens with one attached hydrogen (secondary N) is 2. The van der Waals surface area contributed by atoms with E-state index in [0.29, 0.717) is 6.54 Å². The van der Waals surface area contributed by atoms with Crippen molar-refractivity contribution in [1.82, 2.24) is 5.32 Å². The van der Waals surface area contributed by atoms with Crippen molar-refractivity contribution < 1.29 is 9.69 Å². The van der Waals surface area contributed by atoms with E-state index in [0.717, 1.165) is 25.1 Å². The van der Waals surface area contributed by atoms with Gasteiger partial charge in [-0.05, 0) is 34.2 Å². The Morgan fingerprint density at radius 2 is 1.75 bits per heavy atom. The highest BCUT2D eigenvalue weighted by Gasteiger charge is 2.22. The van der Waals surface area contributed by atoms with Gasteiger partial charge in [-0.2, -0.15) is 0 Å². The van der Waals surface area contributed by atoms with Gasteiger partial charge >= 0.3 is 0 Å². The summed E-state index contributed by atoms with van der Waals surface area (Å²) in [6.45, 7) is 2.39. The van der Waals surface area contributed by atoms with Crippen LogP contribution in [0.2, 0.25) is 0 Å². The Balaban J connectivity index is 1.39. The first-order valence-corrected chi connectivity index (χ1v) is 10.6. The van der Waals surface area contributed by atoms with E-state index in [1.165, 1.54) is 20.9 Å². The van der Waals surface area contributed by atoms with Gasteiger partial charge in [-0.25, -0.2) is 0 Å². The zero-order valence-corrected chi connectivity index (χ0v) is 16.6. The third-order valence-corrected chi connectivity index (χ3v) is 6.14. The van der Waals surface area contributed by atoms with Gasteiger partial charge in [0.05, 0.1) is 19.1 Å². The van der Waals surface area contributed by atoms with Crippen molar-refractivity contribution in [2.75, 3.05) is 19.6 Å². The summed E-state index contributed by atoms with van der Waals surface area (Å²) in [6.07, 6.45) is 3.30. The molecule has 2 atom stereocenters. The molecule has 0 spiro atoms. The van der Waals surface area contributed by atoms with Crippen molar-refractivity contribution in [3.8, 4) is 0 Å². The van der Waals surface area contributed by atoms with Gasteiger partial charge in [0.25, 0.3) is 5.91 Å². The Morgan fingerprint density at radius 3 is 2.39 bits per heavy atom. The Labute approximate surface area is 170 Å². The van der Waals surface area contributed by atoms with Gasteiger partial charge in [-0.15, -0.1) is 11.3 Å². The number of hydrogen-bond acceptors (Lipinski definition) is 2. The predicted octanol–water partition coefficient (Wildman–Crippen LogP) is 3.33. The number of quaternary nitrogens is 1. The van der Waals surface area contributed by atoms with Crippen LogP contribution >= 0.6 is 11.3 Å². The number of hydrogen-bond donors (Lipinski definition) is 2. The van der Waals surface area contributed by atoms with Crippen molar-refractivity contribution in [1.29, 1.82) is 0 Å². The maximum absolute atomic E-state index is 12.8. The first-order chi connectivity index (χ1) is 13.8. The molecule has 0 saturated heterocycles. The average molecular weight is 390 g/mol. The van der Waals surface area contributed by atoms with Crippen LogP contribution in [0.1, 0.15) is 28.5 Å². The van der Waals surface area contributed by atoms with E-state index in [2.05, 4.69) is 59.2 Å². The SMILES string of the molecule is O=C(C[NH+]1CC=C(c2ccccc2)CC1)N[C@H](c1ccccc1)c1cccs1. The molecule has 0 aliphatic carbocycles. The minimum Gasteiger partial charge on any atom is -0.339 e. The maximum Gasteiger partial charge on any atom is 0.275 e. The number of rotatable bonds is 6. The van der Waals surface area contributed by atoms with Crippen LogP contribution in [0.15, 0.2) is 84.3 Å². The highest BCUT2D eigenvalue weighted by atomic mass is 32.1. The van der Waals surface area contributed by atoms with Gasteiger partial charge in [-0.1, -0.05) is 66.7 Å². The van der Waals surface area contributed by atoms with Crippen molar-refractivity contribution in [2.45, 2.75) is 12.5 Å². The fraction of sp³-hybridized carbons (Fsp3) is 0.208. The second-order valence-corrected chi connectivity index (χ2v) is 8.13.